The van der Waals surface area contributed by atoms with E-state index < -0.39 is 4.92 Å². The van der Waals surface area contributed by atoms with Gasteiger partial charge in [-0.05, 0) is 73.2 Å². The van der Waals surface area contributed by atoms with E-state index in [2.05, 4.69) is 35.1 Å². The minimum atomic E-state index is -0.448. The number of fused-ring (bicyclic) bond motifs is 1. The minimum absolute atomic E-state index is 0.0153. The van der Waals surface area contributed by atoms with Crippen molar-refractivity contribution in [2.75, 3.05) is 6.61 Å². The van der Waals surface area contributed by atoms with Crippen LogP contribution in [0.25, 0.3) is 16.5 Å². The molecule has 4 rings (SSSR count). The first-order chi connectivity index (χ1) is 20.7. The molecule has 1 heterocycles. The summed E-state index contributed by atoms with van der Waals surface area (Å²) in [5, 5.41) is 14.7. The molecule has 0 spiro atoms. The molecule has 0 aliphatic rings. The van der Waals surface area contributed by atoms with Crippen LogP contribution < -0.4 is 5.32 Å². The summed E-state index contributed by atoms with van der Waals surface area (Å²) in [6, 6.07) is 20.0. The molecule has 3 aromatic carbocycles. The smallest absolute Gasteiger partial charge is 0.338 e. The topological polar surface area (TPSA) is 103 Å². The number of rotatable bonds is 12. The van der Waals surface area contributed by atoms with Crippen LogP contribution in [-0.2, 0) is 22.6 Å². The predicted molar refractivity (Wildman–Crippen MR) is 170 cm³/mol. The van der Waals surface area contributed by atoms with Crippen LogP contribution in [0.4, 0.5) is 5.69 Å². The van der Waals surface area contributed by atoms with Crippen LogP contribution in [0, 0.1) is 17.0 Å². The number of hydrogen-bond donors (Lipinski definition) is 1. The number of unbranched alkanes of at least 4 members (excludes halogenated alkanes) is 1. The molecule has 4 aromatic rings. The van der Waals surface area contributed by atoms with Crippen molar-refractivity contribution in [1.29, 1.82) is 0 Å². The number of hydrogen-bond acceptors (Lipinski definition) is 5. The number of non-ortho nitro benzene ring substituents is 1. The quantitative estimate of drug-likeness (QED) is 0.0467. The lowest BCUT2D eigenvalue weighted by molar-refractivity contribution is -0.384. The molecular formula is C35H37N3O5. The molecule has 1 amide bonds. The van der Waals surface area contributed by atoms with Gasteiger partial charge in [0.2, 0.25) is 0 Å². The first kappa shape index (κ1) is 31.0. The molecule has 1 N–H and O–H groups in total. The molecule has 0 bridgehead atoms. The molecule has 0 fully saturated rings. The highest BCUT2D eigenvalue weighted by molar-refractivity contribution is 6.06. The van der Waals surface area contributed by atoms with E-state index in [1.807, 2.05) is 57.2 Å². The zero-order valence-electron chi connectivity index (χ0n) is 25.1. The summed E-state index contributed by atoms with van der Waals surface area (Å²) in [4.78, 5) is 36.0. The van der Waals surface area contributed by atoms with E-state index >= 15 is 0 Å². The van der Waals surface area contributed by atoms with Crippen molar-refractivity contribution in [2.45, 2.75) is 53.6 Å². The molecule has 0 saturated carbocycles. The number of aromatic nitrogens is 1. The van der Waals surface area contributed by atoms with E-state index in [-0.39, 0.29) is 24.1 Å². The second-order valence-corrected chi connectivity index (χ2v) is 10.4. The number of allylic oxidation sites excluding steroid dienone is 2. The maximum Gasteiger partial charge on any atom is 0.338 e. The Morgan fingerprint density at radius 3 is 2.26 bits per heavy atom. The van der Waals surface area contributed by atoms with E-state index in [9.17, 15) is 19.7 Å². The van der Waals surface area contributed by atoms with Gasteiger partial charge >= 0.3 is 5.97 Å². The molecule has 43 heavy (non-hydrogen) atoms. The Morgan fingerprint density at radius 2 is 1.63 bits per heavy atom. The molecule has 1 aromatic heterocycles. The number of carbonyl (C=O) groups excluding carboxylic acids is 2. The number of nitrogens with one attached hydrogen (secondary N) is 1. The Kier molecular flexibility index (Phi) is 10.3. The van der Waals surface area contributed by atoms with Gasteiger partial charge in [-0.2, -0.15) is 0 Å². The highest BCUT2D eigenvalue weighted by Gasteiger charge is 2.17. The predicted octanol–water partition coefficient (Wildman–Crippen LogP) is 7.53. The molecule has 8 nitrogen and oxygen atoms in total. The maximum absolute atomic E-state index is 12.9. The molecular weight excluding hydrogens is 542 g/mol. The second-order valence-electron chi connectivity index (χ2n) is 10.4. The number of aryl methyl sites for hydroxylation is 1. The van der Waals surface area contributed by atoms with Gasteiger partial charge in [-0.25, -0.2) is 4.79 Å². The maximum atomic E-state index is 12.9. The normalized spacial score (nSPS) is 11.9. The standard InChI is InChI=1S/C35H37N3O5/c1-5-8-19-43-35(40)31(7-3)30(6-2)27-13-9-26(10-14-27)23-37-22-24(4)32-20-28(15-18-33(32)37)34(39)36-21-25-11-16-29(17-12-25)38(41)42/h6-7,9-18,20,22H,5,8,19,21,23H2,1-4H3,(H,36,39)/b30-6-,31-7+. The number of nitrogens with zero attached hydrogens (tertiary/aromatic N) is 2. The summed E-state index contributed by atoms with van der Waals surface area (Å²) in [5.74, 6) is -0.515. The van der Waals surface area contributed by atoms with Gasteiger partial charge in [0.1, 0.15) is 0 Å². The second kappa shape index (κ2) is 14.3. The van der Waals surface area contributed by atoms with Crippen molar-refractivity contribution in [3.8, 4) is 0 Å². The lowest BCUT2D eigenvalue weighted by atomic mass is 9.96. The molecule has 0 aliphatic carbocycles. The van der Waals surface area contributed by atoms with Crippen LogP contribution in [0.15, 0.2) is 90.7 Å². The van der Waals surface area contributed by atoms with Crippen LogP contribution in [0.2, 0.25) is 0 Å². The van der Waals surface area contributed by atoms with Gasteiger partial charge in [0, 0.05) is 47.9 Å². The van der Waals surface area contributed by atoms with Gasteiger partial charge in [-0.15, -0.1) is 0 Å². The van der Waals surface area contributed by atoms with Gasteiger partial charge in [0.25, 0.3) is 11.6 Å². The number of amides is 1. The highest BCUT2D eigenvalue weighted by Crippen LogP contribution is 2.27. The molecule has 8 heteroatoms. The van der Waals surface area contributed by atoms with Crippen molar-refractivity contribution in [3.63, 3.8) is 0 Å². The summed E-state index contributed by atoms with van der Waals surface area (Å²) < 4.78 is 7.62. The fraction of sp³-hybridized carbons (Fsp3) is 0.257. The molecule has 222 valence electrons. The molecule has 0 saturated heterocycles. The number of esters is 1. The fourth-order valence-corrected chi connectivity index (χ4v) is 5.00. The zero-order chi connectivity index (χ0) is 30.9. The summed E-state index contributed by atoms with van der Waals surface area (Å²) in [6.45, 7) is 9.20. The molecule has 0 unspecified atom stereocenters. The van der Waals surface area contributed by atoms with Crippen molar-refractivity contribution in [3.05, 3.63) is 129 Å². The van der Waals surface area contributed by atoms with E-state index in [1.54, 1.807) is 18.2 Å². The van der Waals surface area contributed by atoms with Crippen LogP contribution in [0.1, 0.15) is 66.2 Å². The SMILES string of the molecule is C/C=C(\C(=C/C)C(=O)OCCCC)c1ccc(Cn2cc(C)c3cc(C(=O)NCc4ccc([N+](=O)[O-])cc4)ccc32)cc1. The minimum Gasteiger partial charge on any atom is -0.462 e. The lowest BCUT2D eigenvalue weighted by Crippen LogP contribution is -2.22. The summed E-state index contributed by atoms with van der Waals surface area (Å²) in [7, 11) is 0. The molecule has 0 aliphatic heterocycles. The Bertz CT molecular complexity index is 1680. The lowest BCUT2D eigenvalue weighted by Gasteiger charge is -2.13. The number of nitro benzene ring substituents is 1. The largest absolute Gasteiger partial charge is 0.462 e. The average Bonchev–Trinajstić information content (AvgIpc) is 3.33. The number of benzene rings is 3. The van der Waals surface area contributed by atoms with Gasteiger partial charge in [-0.1, -0.05) is 61.9 Å². The van der Waals surface area contributed by atoms with Gasteiger partial charge in [0.05, 0.1) is 17.1 Å². The van der Waals surface area contributed by atoms with Crippen LogP contribution >= 0.6 is 0 Å². The fourth-order valence-electron chi connectivity index (χ4n) is 5.00. The van der Waals surface area contributed by atoms with Crippen molar-refractivity contribution >= 4 is 34.0 Å². The van der Waals surface area contributed by atoms with Gasteiger partial charge in [0.15, 0.2) is 0 Å². The summed E-state index contributed by atoms with van der Waals surface area (Å²) >= 11 is 0. The number of ether oxygens (including phenoxy) is 1. The van der Waals surface area contributed by atoms with Gasteiger partial charge in [-0.3, -0.25) is 14.9 Å². The Hall–Kier alpha value is -4.98. The van der Waals surface area contributed by atoms with Crippen molar-refractivity contribution in [1.82, 2.24) is 9.88 Å². The Balaban J connectivity index is 1.45. The zero-order valence-corrected chi connectivity index (χ0v) is 25.1. The third kappa shape index (κ3) is 7.46. The Labute approximate surface area is 251 Å². The monoisotopic (exact) mass is 579 g/mol. The third-order valence-electron chi connectivity index (χ3n) is 7.38. The first-order valence-corrected chi connectivity index (χ1v) is 14.5. The van der Waals surface area contributed by atoms with Crippen molar-refractivity contribution in [2.24, 2.45) is 0 Å². The highest BCUT2D eigenvalue weighted by atomic mass is 16.6. The van der Waals surface area contributed by atoms with E-state index in [1.165, 1.54) is 12.1 Å². The number of nitro groups is 1. The van der Waals surface area contributed by atoms with Crippen LogP contribution in [0.5, 0.6) is 0 Å². The van der Waals surface area contributed by atoms with E-state index in [4.69, 9.17) is 4.74 Å². The van der Waals surface area contributed by atoms with E-state index in [0.717, 1.165) is 51.6 Å². The van der Waals surface area contributed by atoms with Gasteiger partial charge < -0.3 is 14.6 Å². The van der Waals surface area contributed by atoms with E-state index in [0.29, 0.717) is 24.3 Å². The average molecular weight is 580 g/mol. The Morgan fingerprint density at radius 1 is 0.953 bits per heavy atom. The van der Waals surface area contributed by atoms with Crippen LogP contribution in [0.3, 0.4) is 0 Å². The summed E-state index contributed by atoms with van der Waals surface area (Å²) in [5.41, 5.74) is 6.89. The van der Waals surface area contributed by atoms with Crippen molar-refractivity contribution < 1.29 is 19.2 Å². The third-order valence-corrected chi connectivity index (χ3v) is 7.38. The molecule has 0 radical (unpaired) electrons. The summed E-state index contributed by atoms with van der Waals surface area (Å²) in [6.07, 6.45) is 7.63. The number of carbonyl (C=O) groups is 2. The first-order valence-electron chi connectivity index (χ1n) is 14.5. The van der Waals surface area contributed by atoms with Crippen LogP contribution in [-0.4, -0.2) is 28.0 Å². The molecule has 0 atom stereocenters.